The maximum atomic E-state index is 10.6. The summed E-state index contributed by atoms with van der Waals surface area (Å²) in [4.78, 5) is 0. The molecule has 0 aliphatic heterocycles. The normalized spacial score (nSPS) is 56.6. The quantitative estimate of drug-likeness (QED) is 0.660. The van der Waals surface area contributed by atoms with E-state index in [0.29, 0.717) is 11.3 Å². The first-order valence-corrected chi connectivity index (χ1v) is 11.7. The number of hydrogen-bond donors (Lipinski definition) is 1. The van der Waals surface area contributed by atoms with Crippen LogP contribution in [0, 0.1) is 58.7 Å². The monoisotopic (exact) mass is 344 g/mol. The molecule has 5 fully saturated rings. The minimum Gasteiger partial charge on any atom is -0.393 e. The summed E-state index contributed by atoms with van der Waals surface area (Å²) < 4.78 is 0. The summed E-state index contributed by atoms with van der Waals surface area (Å²) in [6, 6.07) is 0. The van der Waals surface area contributed by atoms with Gasteiger partial charge in [-0.1, -0.05) is 20.3 Å². The van der Waals surface area contributed by atoms with Gasteiger partial charge in [0.1, 0.15) is 0 Å². The maximum absolute atomic E-state index is 10.6. The number of aliphatic hydroxyl groups is 1. The van der Waals surface area contributed by atoms with Gasteiger partial charge in [0, 0.05) is 0 Å². The van der Waals surface area contributed by atoms with Crippen molar-refractivity contribution in [2.24, 2.45) is 58.7 Å². The lowest BCUT2D eigenvalue weighted by atomic mass is 9.48. The largest absolute Gasteiger partial charge is 0.393 e. The van der Waals surface area contributed by atoms with E-state index in [4.69, 9.17) is 0 Å². The van der Waals surface area contributed by atoms with Crippen LogP contribution in [0.2, 0.25) is 0 Å². The third-order valence-electron chi connectivity index (χ3n) is 10.2. The number of aliphatic hydroxyl groups excluding tert-OH is 1. The first-order valence-electron chi connectivity index (χ1n) is 11.7. The standard InChI is InChI=1S/C24H40O/c1-14-4-8-18-17(12-14)7-9-20-19(18)10-11-24(3)22(15(2)25)13-21(23(20)24)16-5-6-16/h14-23,25H,4-13H2,1-3H3/t14-,15-,17-,18+,19-,20-,21+,22-,23-,24-/m1/s1. The minimum atomic E-state index is -0.0975. The van der Waals surface area contributed by atoms with Crippen molar-refractivity contribution >= 4 is 0 Å². The van der Waals surface area contributed by atoms with E-state index >= 15 is 0 Å². The number of rotatable bonds is 2. The van der Waals surface area contributed by atoms with Crippen LogP contribution in [-0.4, -0.2) is 11.2 Å². The highest BCUT2D eigenvalue weighted by atomic mass is 16.3. The highest BCUT2D eigenvalue weighted by molar-refractivity contribution is 5.11. The predicted molar refractivity (Wildman–Crippen MR) is 103 cm³/mol. The van der Waals surface area contributed by atoms with E-state index < -0.39 is 0 Å². The van der Waals surface area contributed by atoms with Gasteiger partial charge < -0.3 is 5.11 Å². The fourth-order valence-electron chi connectivity index (χ4n) is 9.07. The van der Waals surface area contributed by atoms with Gasteiger partial charge in [0.25, 0.3) is 0 Å². The van der Waals surface area contributed by atoms with E-state index in [9.17, 15) is 5.11 Å². The number of fused-ring (bicyclic) bond motifs is 5. The third-order valence-corrected chi connectivity index (χ3v) is 10.2. The van der Waals surface area contributed by atoms with Gasteiger partial charge in [-0.3, -0.25) is 0 Å². The molecule has 0 radical (unpaired) electrons. The summed E-state index contributed by atoms with van der Waals surface area (Å²) in [5, 5.41) is 10.6. The van der Waals surface area contributed by atoms with Crippen molar-refractivity contribution in [1.29, 1.82) is 0 Å². The highest BCUT2D eigenvalue weighted by Gasteiger charge is 2.62. The van der Waals surface area contributed by atoms with Crippen LogP contribution in [0.5, 0.6) is 0 Å². The molecule has 0 amide bonds. The molecule has 1 heteroatoms. The van der Waals surface area contributed by atoms with Gasteiger partial charge in [-0.15, -0.1) is 0 Å². The van der Waals surface area contributed by atoms with Crippen molar-refractivity contribution in [3.05, 3.63) is 0 Å². The molecule has 0 bridgehead atoms. The molecule has 0 spiro atoms. The first kappa shape index (κ1) is 17.1. The van der Waals surface area contributed by atoms with Crippen molar-refractivity contribution in [1.82, 2.24) is 0 Å². The Bertz CT molecular complexity index is 508. The topological polar surface area (TPSA) is 20.2 Å². The average Bonchev–Trinajstić information content (AvgIpc) is 3.36. The van der Waals surface area contributed by atoms with Crippen molar-refractivity contribution in [3.63, 3.8) is 0 Å². The van der Waals surface area contributed by atoms with Crippen molar-refractivity contribution in [3.8, 4) is 0 Å². The van der Waals surface area contributed by atoms with Gasteiger partial charge in [-0.2, -0.15) is 0 Å². The highest BCUT2D eigenvalue weighted by Crippen LogP contribution is 2.69. The Morgan fingerprint density at radius 3 is 2.24 bits per heavy atom. The Kier molecular flexibility index (Phi) is 4.09. The van der Waals surface area contributed by atoms with Gasteiger partial charge >= 0.3 is 0 Å². The molecule has 0 aromatic rings. The second-order valence-corrected chi connectivity index (χ2v) is 11.4. The van der Waals surface area contributed by atoms with Gasteiger partial charge in [0.2, 0.25) is 0 Å². The van der Waals surface area contributed by atoms with E-state index in [1.807, 2.05) is 0 Å². The maximum Gasteiger partial charge on any atom is 0.0545 e. The first-order chi connectivity index (χ1) is 12.0. The molecule has 0 aromatic heterocycles. The van der Waals surface area contributed by atoms with E-state index in [1.54, 1.807) is 0 Å². The Hall–Kier alpha value is -0.0400. The third kappa shape index (κ3) is 2.58. The molecule has 5 aliphatic carbocycles. The molecule has 0 unspecified atom stereocenters. The van der Waals surface area contributed by atoms with Crippen molar-refractivity contribution < 1.29 is 5.11 Å². The SMILES string of the molecule is C[C@@H]1CC[C@H]2[C@H](CC[C@@H]3[C@@H]2CC[C@@]2(C)[C@H]3[C@H](C3CC3)C[C@@H]2[C@@H](C)O)C1. The smallest absolute Gasteiger partial charge is 0.0545 e. The van der Waals surface area contributed by atoms with Crippen LogP contribution in [0.4, 0.5) is 0 Å². The Labute approximate surface area is 155 Å². The Morgan fingerprint density at radius 2 is 1.52 bits per heavy atom. The lowest BCUT2D eigenvalue weighted by Gasteiger charge is -2.57. The molecule has 5 rings (SSSR count). The summed E-state index contributed by atoms with van der Waals surface area (Å²) in [6.45, 7) is 7.18. The van der Waals surface area contributed by atoms with E-state index in [2.05, 4.69) is 20.8 Å². The summed E-state index contributed by atoms with van der Waals surface area (Å²) in [7, 11) is 0. The molecule has 1 nitrogen and oxygen atoms in total. The van der Waals surface area contributed by atoms with Crippen molar-refractivity contribution in [2.75, 3.05) is 0 Å². The molecule has 0 aromatic carbocycles. The second kappa shape index (κ2) is 5.98. The van der Waals surface area contributed by atoms with E-state index in [1.165, 1.54) is 64.2 Å². The molecule has 5 saturated carbocycles. The average molecular weight is 345 g/mol. The molecule has 10 atom stereocenters. The fraction of sp³-hybridized carbons (Fsp3) is 1.00. The predicted octanol–water partition coefficient (Wildman–Crippen LogP) is 5.91. The second-order valence-electron chi connectivity index (χ2n) is 11.4. The van der Waals surface area contributed by atoms with Gasteiger partial charge in [-0.25, -0.2) is 0 Å². The number of hydrogen-bond acceptors (Lipinski definition) is 1. The van der Waals surface area contributed by atoms with Crippen LogP contribution in [0.15, 0.2) is 0 Å². The summed E-state index contributed by atoms with van der Waals surface area (Å²) in [5.74, 6) is 8.64. The minimum absolute atomic E-state index is 0.0975. The Balaban J connectivity index is 1.45. The molecular formula is C24H40O. The van der Waals surface area contributed by atoms with Crippen LogP contribution in [0.3, 0.4) is 0 Å². The van der Waals surface area contributed by atoms with E-state index in [-0.39, 0.29) is 6.10 Å². The van der Waals surface area contributed by atoms with E-state index in [0.717, 1.165) is 47.3 Å². The van der Waals surface area contributed by atoms with Crippen LogP contribution < -0.4 is 0 Å². The zero-order valence-electron chi connectivity index (χ0n) is 16.8. The molecule has 0 heterocycles. The molecule has 142 valence electrons. The van der Waals surface area contributed by atoms with Crippen LogP contribution in [-0.2, 0) is 0 Å². The van der Waals surface area contributed by atoms with Gasteiger partial charge in [-0.05, 0) is 123 Å². The van der Waals surface area contributed by atoms with Gasteiger partial charge in [0.05, 0.1) is 6.10 Å². The van der Waals surface area contributed by atoms with Crippen LogP contribution in [0.1, 0.15) is 85.0 Å². The zero-order chi connectivity index (χ0) is 17.3. The van der Waals surface area contributed by atoms with Gasteiger partial charge in [0.15, 0.2) is 0 Å². The lowest BCUT2D eigenvalue weighted by Crippen LogP contribution is -2.50. The lowest BCUT2D eigenvalue weighted by molar-refractivity contribution is -0.0911. The molecule has 5 aliphatic rings. The summed E-state index contributed by atoms with van der Waals surface area (Å²) in [5.41, 5.74) is 0.442. The molecule has 1 N–H and O–H groups in total. The molecule has 25 heavy (non-hydrogen) atoms. The molecular weight excluding hydrogens is 304 g/mol. The summed E-state index contributed by atoms with van der Waals surface area (Å²) >= 11 is 0. The fourth-order valence-corrected chi connectivity index (χ4v) is 9.07. The zero-order valence-corrected chi connectivity index (χ0v) is 16.8. The van der Waals surface area contributed by atoms with Crippen LogP contribution >= 0.6 is 0 Å². The van der Waals surface area contributed by atoms with Crippen molar-refractivity contribution in [2.45, 2.75) is 91.1 Å². The van der Waals surface area contributed by atoms with Crippen LogP contribution in [0.25, 0.3) is 0 Å². The Morgan fingerprint density at radius 1 is 0.800 bits per heavy atom. The summed E-state index contributed by atoms with van der Waals surface area (Å²) in [6.07, 6.45) is 14.7. The molecule has 0 saturated heterocycles.